The van der Waals surface area contributed by atoms with Crippen molar-refractivity contribution >= 4 is 85.8 Å². The summed E-state index contributed by atoms with van der Waals surface area (Å²) in [5.74, 6) is -6.01. The zero-order valence-electron chi connectivity index (χ0n) is 23.8. The summed E-state index contributed by atoms with van der Waals surface area (Å²) in [6.45, 7) is 0. The Labute approximate surface area is 287 Å². The van der Waals surface area contributed by atoms with Crippen LogP contribution >= 0.6 is 50.7 Å². The molecule has 3 aromatic carbocycles. The molecule has 2 heterocycles. The van der Waals surface area contributed by atoms with Crippen molar-refractivity contribution in [1.82, 2.24) is 4.90 Å². The number of carbonyl (C=O) groups is 5. The van der Waals surface area contributed by atoms with Crippen LogP contribution < -0.4 is 4.90 Å². The standard InChI is InChI=1S/C34H24BrCl3N2O6/c35-16-39-31(45)33(37)15-24-21(27(34(33,38)32(39)46)22-11-10-20(41)14-25(22)36)12-13-23-26(24)30(44)40(29(23)43)19-8-6-18(7-9-19)28(42)17-4-2-1-3-5-17/h1-12,14,23-24,26-27,41H,13,15-16H2/t23-,24+,26-,27+,33+,34-/m0/s1. The van der Waals surface area contributed by atoms with Crippen molar-refractivity contribution in [2.24, 2.45) is 17.8 Å². The molecular formula is C34H24BrCl3N2O6. The highest BCUT2D eigenvalue weighted by atomic mass is 79.9. The lowest BCUT2D eigenvalue weighted by molar-refractivity contribution is -0.138. The van der Waals surface area contributed by atoms with Crippen molar-refractivity contribution in [1.29, 1.82) is 0 Å². The number of aromatic hydroxyl groups is 1. The Bertz CT molecular complexity index is 1890. The van der Waals surface area contributed by atoms with E-state index in [1.165, 1.54) is 18.2 Å². The van der Waals surface area contributed by atoms with E-state index in [1.807, 2.05) is 12.1 Å². The number of benzene rings is 3. The van der Waals surface area contributed by atoms with Gasteiger partial charge in [0.25, 0.3) is 11.8 Å². The van der Waals surface area contributed by atoms with Crippen LogP contribution in [0, 0.1) is 17.8 Å². The number of amides is 4. The number of phenols is 1. The number of likely N-dealkylation sites (tertiary alicyclic amines) is 1. The Morgan fingerprint density at radius 1 is 0.891 bits per heavy atom. The lowest BCUT2D eigenvalue weighted by atomic mass is 9.56. The zero-order valence-corrected chi connectivity index (χ0v) is 27.7. The molecule has 0 radical (unpaired) electrons. The molecule has 1 N–H and O–H groups in total. The van der Waals surface area contributed by atoms with Gasteiger partial charge in [0.2, 0.25) is 11.8 Å². The van der Waals surface area contributed by atoms with E-state index in [4.69, 9.17) is 34.8 Å². The monoisotopic (exact) mass is 740 g/mol. The molecule has 4 aliphatic rings. The minimum Gasteiger partial charge on any atom is -0.508 e. The van der Waals surface area contributed by atoms with Gasteiger partial charge in [-0.15, -0.1) is 23.2 Å². The van der Waals surface area contributed by atoms with Gasteiger partial charge in [-0.1, -0.05) is 75.6 Å². The van der Waals surface area contributed by atoms with E-state index in [9.17, 15) is 29.1 Å². The van der Waals surface area contributed by atoms with Gasteiger partial charge in [-0.3, -0.25) is 33.8 Å². The van der Waals surface area contributed by atoms with E-state index in [1.54, 1.807) is 48.5 Å². The van der Waals surface area contributed by atoms with Gasteiger partial charge in [0, 0.05) is 22.1 Å². The van der Waals surface area contributed by atoms with E-state index >= 15 is 0 Å². The first-order chi connectivity index (χ1) is 21.9. The molecular weight excluding hydrogens is 719 g/mol. The molecule has 0 unspecified atom stereocenters. The van der Waals surface area contributed by atoms with Crippen LogP contribution in [0.3, 0.4) is 0 Å². The minimum atomic E-state index is -2.00. The van der Waals surface area contributed by atoms with E-state index in [0.717, 1.165) is 9.80 Å². The van der Waals surface area contributed by atoms with Gasteiger partial charge in [-0.2, -0.15) is 0 Å². The van der Waals surface area contributed by atoms with Crippen LogP contribution in [0.15, 0.2) is 84.4 Å². The van der Waals surface area contributed by atoms with E-state index < -0.39 is 57.0 Å². The summed E-state index contributed by atoms with van der Waals surface area (Å²) in [4.78, 5) is 66.8. The number of rotatable bonds is 5. The first kappa shape index (κ1) is 31.1. The normalized spacial score (nSPS) is 30.2. The largest absolute Gasteiger partial charge is 0.508 e. The van der Waals surface area contributed by atoms with Crippen molar-refractivity contribution in [2.75, 3.05) is 10.4 Å². The van der Waals surface area contributed by atoms with Crippen LogP contribution in [0.1, 0.15) is 40.2 Å². The average Bonchev–Trinajstić information content (AvgIpc) is 3.39. The number of alkyl halides is 3. The smallest absolute Gasteiger partial charge is 0.254 e. The number of allylic oxidation sites excluding steroid dienone is 2. The Kier molecular flexibility index (Phi) is 7.47. The van der Waals surface area contributed by atoms with Crippen molar-refractivity contribution in [3.05, 3.63) is 106 Å². The van der Waals surface area contributed by atoms with Crippen LogP contribution in [-0.2, 0) is 19.2 Å². The fourth-order valence-electron chi connectivity index (χ4n) is 7.62. The molecule has 0 spiro atoms. The molecule has 8 nitrogen and oxygen atoms in total. The lowest BCUT2D eigenvalue weighted by Gasteiger charge is -2.51. The number of hydrogen-bond donors (Lipinski definition) is 1. The molecule has 0 aromatic heterocycles. The number of nitrogens with zero attached hydrogens (tertiary/aromatic N) is 2. The van der Waals surface area contributed by atoms with Crippen molar-refractivity contribution in [3.63, 3.8) is 0 Å². The summed E-state index contributed by atoms with van der Waals surface area (Å²) in [5.41, 5.74) is 2.03. The first-order valence-electron chi connectivity index (χ1n) is 14.5. The van der Waals surface area contributed by atoms with E-state index in [-0.39, 0.29) is 34.9 Å². The molecule has 6 atom stereocenters. The minimum absolute atomic E-state index is 0.103. The number of ketones is 1. The first-order valence-corrected chi connectivity index (χ1v) is 16.8. The van der Waals surface area contributed by atoms with Crippen molar-refractivity contribution < 1.29 is 29.1 Å². The summed E-state index contributed by atoms with van der Waals surface area (Å²) in [6.07, 6.45) is 1.83. The third-order valence-corrected chi connectivity index (χ3v) is 12.0. The van der Waals surface area contributed by atoms with Crippen molar-refractivity contribution in [3.8, 4) is 5.75 Å². The highest BCUT2D eigenvalue weighted by Crippen LogP contribution is 2.66. The molecule has 1 saturated carbocycles. The summed E-state index contributed by atoms with van der Waals surface area (Å²) in [7, 11) is 0. The molecule has 2 aliphatic carbocycles. The molecule has 12 heteroatoms. The maximum atomic E-state index is 14.2. The molecule has 3 fully saturated rings. The fourth-order valence-corrected chi connectivity index (χ4v) is 9.32. The quantitative estimate of drug-likeness (QED) is 0.110. The van der Waals surface area contributed by atoms with Gasteiger partial charge in [0.1, 0.15) is 5.75 Å². The van der Waals surface area contributed by atoms with E-state index in [0.29, 0.717) is 28.0 Å². The lowest BCUT2D eigenvalue weighted by Crippen LogP contribution is -2.60. The Hall–Kier alpha value is -3.50. The second kappa shape index (κ2) is 11.0. The molecule has 234 valence electrons. The average molecular weight is 743 g/mol. The summed E-state index contributed by atoms with van der Waals surface area (Å²) in [6, 6.07) is 19.3. The second-order valence-electron chi connectivity index (χ2n) is 11.9. The van der Waals surface area contributed by atoms with Gasteiger partial charge in [-0.05, 0) is 60.7 Å². The predicted molar refractivity (Wildman–Crippen MR) is 175 cm³/mol. The second-order valence-corrected chi connectivity index (χ2v) is 14.1. The van der Waals surface area contributed by atoms with Gasteiger partial charge in [0.05, 0.1) is 23.0 Å². The molecule has 2 saturated heterocycles. The van der Waals surface area contributed by atoms with Crippen molar-refractivity contribution in [2.45, 2.75) is 28.5 Å². The number of halogens is 4. The zero-order chi connectivity index (χ0) is 32.7. The molecule has 7 rings (SSSR count). The highest BCUT2D eigenvalue weighted by Gasteiger charge is 2.76. The van der Waals surface area contributed by atoms with Crippen LogP contribution in [0.4, 0.5) is 5.69 Å². The maximum Gasteiger partial charge on any atom is 0.254 e. The SMILES string of the molecule is O=C(c1ccccc1)c1ccc(N2C(=O)[C@H]3[C@H](CC=C4[C@H]3C[C@@]3(Cl)C(=O)N(CBr)C(=O)[C@@]3(Cl)[C@H]4c3ccc(O)cc3Cl)C2=O)cc1. The topological polar surface area (TPSA) is 112 Å². The molecule has 2 aliphatic heterocycles. The third kappa shape index (κ3) is 4.21. The Morgan fingerprint density at radius 2 is 1.57 bits per heavy atom. The highest BCUT2D eigenvalue weighted by molar-refractivity contribution is 9.09. The maximum absolute atomic E-state index is 14.2. The number of imide groups is 2. The summed E-state index contributed by atoms with van der Waals surface area (Å²) in [5, 5.41) is 10.2. The molecule has 3 aromatic rings. The van der Waals surface area contributed by atoms with Crippen LogP contribution in [-0.4, -0.2) is 54.6 Å². The van der Waals surface area contributed by atoms with Gasteiger partial charge >= 0.3 is 0 Å². The van der Waals surface area contributed by atoms with E-state index in [2.05, 4.69) is 15.9 Å². The molecule has 4 amide bonds. The fraction of sp³-hybridized carbons (Fsp3) is 0.265. The Balaban J connectivity index is 1.29. The number of carbonyl (C=O) groups excluding carboxylic acids is 5. The van der Waals surface area contributed by atoms with Crippen LogP contribution in [0.25, 0.3) is 0 Å². The molecule has 46 heavy (non-hydrogen) atoms. The van der Waals surface area contributed by atoms with Gasteiger partial charge < -0.3 is 5.11 Å². The number of hydrogen-bond acceptors (Lipinski definition) is 6. The van der Waals surface area contributed by atoms with Gasteiger partial charge in [-0.25, -0.2) is 0 Å². The predicted octanol–water partition coefficient (Wildman–Crippen LogP) is 6.19. The number of phenolic OH excluding ortho intramolecular Hbond substituents is 1. The Morgan fingerprint density at radius 3 is 2.22 bits per heavy atom. The van der Waals surface area contributed by atoms with Crippen LogP contribution in [0.5, 0.6) is 5.75 Å². The van der Waals surface area contributed by atoms with Gasteiger partial charge in [0.15, 0.2) is 15.5 Å². The molecule has 0 bridgehead atoms. The number of fused-ring (bicyclic) bond motifs is 4. The third-order valence-electron chi connectivity index (χ3n) is 9.73. The van der Waals surface area contributed by atoms with Crippen LogP contribution in [0.2, 0.25) is 5.02 Å². The number of anilines is 1. The summed E-state index contributed by atoms with van der Waals surface area (Å²) >= 11 is 24.3. The summed E-state index contributed by atoms with van der Waals surface area (Å²) < 4.78 is 0.